The van der Waals surface area contributed by atoms with E-state index in [4.69, 9.17) is 4.98 Å². The van der Waals surface area contributed by atoms with E-state index in [0.29, 0.717) is 6.04 Å². The van der Waals surface area contributed by atoms with Gasteiger partial charge in [-0.3, -0.25) is 4.98 Å². The van der Waals surface area contributed by atoms with Gasteiger partial charge < -0.3 is 5.32 Å². The van der Waals surface area contributed by atoms with Gasteiger partial charge in [-0.1, -0.05) is 64.9 Å². The Morgan fingerprint density at radius 1 is 0.952 bits per heavy atom. The summed E-state index contributed by atoms with van der Waals surface area (Å²) >= 11 is 0. The van der Waals surface area contributed by atoms with Crippen LogP contribution in [0.5, 0.6) is 0 Å². The summed E-state index contributed by atoms with van der Waals surface area (Å²) in [5.74, 6) is 0. The molecule has 0 spiro atoms. The number of unbranched alkanes of at least 4 members (excludes halogenated alkanes) is 6. The lowest BCUT2D eigenvalue weighted by molar-refractivity contribution is 0.457. The number of hydrogen-bond acceptors (Lipinski definition) is 2. The van der Waals surface area contributed by atoms with Crippen LogP contribution in [-0.4, -0.2) is 11.5 Å². The SMILES string of the molecule is CCCCCCCCCC(NCCC)c1cccc(C)n1. The van der Waals surface area contributed by atoms with Crippen molar-refractivity contribution in [2.75, 3.05) is 6.54 Å². The molecule has 1 rings (SSSR count). The van der Waals surface area contributed by atoms with Crippen LogP contribution in [0.2, 0.25) is 0 Å². The first kappa shape index (κ1) is 18.2. The van der Waals surface area contributed by atoms with Crippen LogP contribution >= 0.6 is 0 Å². The van der Waals surface area contributed by atoms with E-state index in [2.05, 4.69) is 44.3 Å². The molecule has 0 aliphatic rings. The normalized spacial score (nSPS) is 12.5. The van der Waals surface area contributed by atoms with Crippen LogP contribution in [0.15, 0.2) is 18.2 Å². The molecule has 1 atom stereocenters. The summed E-state index contributed by atoms with van der Waals surface area (Å²) in [6, 6.07) is 6.80. The highest BCUT2D eigenvalue weighted by Crippen LogP contribution is 2.19. The van der Waals surface area contributed by atoms with Gasteiger partial charge in [0.2, 0.25) is 0 Å². The highest BCUT2D eigenvalue weighted by Gasteiger charge is 2.11. The molecule has 0 saturated heterocycles. The summed E-state index contributed by atoms with van der Waals surface area (Å²) < 4.78 is 0. The lowest BCUT2D eigenvalue weighted by Gasteiger charge is -2.18. The minimum atomic E-state index is 0.431. The number of aryl methyl sites for hydroxylation is 1. The summed E-state index contributed by atoms with van der Waals surface area (Å²) in [7, 11) is 0. The number of nitrogens with zero attached hydrogens (tertiary/aromatic N) is 1. The van der Waals surface area contributed by atoms with Crippen molar-refractivity contribution >= 4 is 0 Å². The number of nitrogens with one attached hydrogen (secondary N) is 1. The fourth-order valence-corrected chi connectivity index (χ4v) is 2.74. The zero-order valence-electron chi connectivity index (χ0n) is 14.3. The Morgan fingerprint density at radius 3 is 2.33 bits per heavy atom. The third-order valence-corrected chi connectivity index (χ3v) is 4.00. The van der Waals surface area contributed by atoms with E-state index < -0.39 is 0 Å². The van der Waals surface area contributed by atoms with E-state index in [-0.39, 0.29) is 0 Å². The van der Waals surface area contributed by atoms with Crippen LogP contribution in [-0.2, 0) is 0 Å². The summed E-state index contributed by atoms with van der Waals surface area (Å²) in [4.78, 5) is 4.70. The van der Waals surface area contributed by atoms with E-state index in [0.717, 1.165) is 12.2 Å². The second-order valence-electron chi connectivity index (χ2n) is 6.12. The van der Waals surface area contributed by atoms with Crippen molar-refractivity contribution in [1.82, 2.24) is 10.3 Å². The van der Waals surface area contributed by atoms with E-state index >= 15 is 0 Å². The minimum Gasteiger partial charge on any atom is -0.309 e. The smallest absolute Gasteiger partial charge is 0.0576 e. The molecule has 2 nitrogen and oxygen atoms in total. The van der Waals surface area contributed by atoms with Crippen molar-refractivity contribution in [3.8, 4) is 0 Å². The third-order valence-electron chi connectivity index (χ3n) is 4.00. The molecule has 0 radical (unpaired) electrons. The molecule has 0 amide bonds. The van der Waals surface area contributed by atoms with Crippen molar-refractivity contribution in [1.29, 1.82) is 0 Å². The second-order valence-corrected chi connectivity index (χ2v) is 6.12. The molecule has 120 valence electrons. The summed E-state index contributed by atoms with van der Waals surface area (Å²) in [6.45, 7) is 7.66. The Morgan fingerprint density at radius 2 is 1.67 bits per heavy atom. The molecule has 1 aromatic rings. The zero-order valence-corrected chi connectivity index (χ0v) is 14.3. The van der Waals surface area contributed by atoms with Gasteiger partial charge in [-0.15, -0.1) is 0 Å². The first-order chi connectivity index (χ1) is 10.3. The standard InChI is InChI=1S/C19H34N2/c1-4-6-7-8-9-10-11-14-18(20-16-5-2)19-15-12-13-17(3)21-19/h12-13,15,18,20H,4-11,14,16H2,1-3H3. The Labute approximate surface area is 131 Å². The molecule has 1 aromatic heterocycles. The molecule has 0 fully saturated rings. The Hall–Kier alpha value is -0.890. The molecule has 0 saturated carbocycles. The van der Waals surface area contributed by atoms with Crippen LogP contribution in [0.25, 0.3) is 0 Å². The van der Waals surface area contributed by atoms with Crippen molar-refractivity contribution in [2.45, 2.75) is 84.6 Å². The Balaban J connectivity index is 2.33. The molecule has 0 aromatic carbocycles. The van der Waals surface area contributed by atoms with E-state index in [1.807, 2.05) is 0 Å². The highest BCUT2D eigenvalue weighted by atomic mass is 14.9. The van der Waals surface area contributed by atoms with Gasteiger partial charge in [-0.25, -0.2) is 0 Å². The molecule has 0 aliphatic heterocycles. The van der Waals surface area contributed by atoms with Crippen molar-refractivity contribution < 1.29 is 0 Å². The fourth-order valence-electron chi connectivity index (χ4n) is 2.74. The van der Waals surface area contributed by atoms with Gasteiger partial charge >= 0.3 is 0 Å². The minimum absolute atomic E-state index is 0.431. The molecule has 1 unspecified atom stereocenters. The van der Waals surface area contributed by atoms with Crippen LogP contribution in [0, 0.1) is 6.92 Å². The second kappa shape index (κ2) is 11.7. The topological polar surface area (TPSA) is 24.9 Å². The number of hydrogen-bond donors (Lipinski definition) is 1. The van der Waals surface area contributed by atoms with Crippen LogP contribution in [0.4, 0.5) is 0 Å². The van der Waals surface area contributed by atoms with Gasteiger partial charge in [0, 0.05) is 11.7 Å². The molecular weight excluding hydrogens is 256 g/mol. The maximum atomic E-state index is 4.70. The van der Waals surface area contributed by atoms with Gasteiger partial charge in [0.15, 0.2) is 0 Å². The molecule has 0 aliphatic carbocycles. The van der Waals surface area contributed by atoms with E-state index in [9.17, 15) is 0 Å². The van der Waals surface area contributed by atoms with E-state index in [1.165, 1.54) is 63.5 Å². The summed E-state index contributed by atoms with van der Waals surface area (Å²) in [5.41, 5.74) is 2.34. The lowest BCUT2D eigenvalue weighted by Crippen LogP contribution is -2.23. The zero-order chi connectivity index (χ0) is 15.3. The average molecular weight is 290 g/mol. The third kappa shape index (κ3) is 8.21. The quantitative estimate of drug-likeness (QED) is 0.509. The van der Waals surface area contributed by atoms with Crippen LogP contribution in [0.3, 0.4) is 0 Å². The van der Waals surface area contributed by atoms with Crippen LogP contribution < -0.4 is 5.32 Å². The molecule has 21 heavy (non-hydrogen) atoms. The monoisotopic (exact) mass is 290 g/mol. The van der Waals surface area contributed by atoms with Gasteiger partial charge in [0.1, 0.15) is 0 Å². The predicted octanol–water partition coefficient (Wildman–Crippen LogP) is 5.57. The Kier molecular flexibility index (Phi) is 10.1. The Bertz CT molecular complexity index is 362. The molecule has 2 heteroatoms. The largest absolute Gasteiger partial charge is 0.309 e. The van der Waals surface area contributed by atoms with Crippen LogP contribution in [0.1, 0.15) is 89.1 Å². The molecule has 1 heterocycles. The van der Waals surface area contributed by atoms with Crippen molar-refractivity contribution in [2.24, 2.45) is 0 Å². The lowest BCUT2D eigenvalue weighted by atomic mass is 10.0. The fraction of sp³-hybridized carbons (Fsp3) is 0.737. The van der Waals surface area contributed by atoms with Gasteiger partial charge in [-0.05, 0) is 38.4 Å². The number of pyridine rings is 1. The summed E-state index contributed by atoms with van der Waals surface area (Å²) in [5, 5.41) is 3.66. The maximum absolute atomic E-state index is 4.70. The molecule has 0 bridgehead atoms. The molecule has 1 N–H and O–H groups in total. The van der Waals surface area contributed by atoms with Crippen molar-refractivity contribution in [3.05, 3.63) is 29.6 Å². The first-order valence-electron chi connectivity index (χ1n) is 8.94. The predicted molar refractivity (Wildman–Crippen MR) is 92.6 cm³/mol. The van der Waals surface area contributed by atoms with Gasteiger partial charge in [0.25, 0.3) is 0 Å². The molecular formula is C19H34N2. The van der Waals surface area contributed by atoms with Crippen molar-refractivity contribution in [3.63, 3.8) is 0 Å². The van der Waals surface area contributed by atoms with Gasteiger partial charge in [0.05, 0.1) is 5.69 Å². The average Bonchev–Trinajstić information content (AvgIpc) is 2.49. The summed E-state index contributed by atoms with van der Waals surface area (Å²) in [6.07, 6.45) is 12.0. The highest BCUT2D eigenvalue weighted by molar-refractivity contribution is 5.13. The van der Waals surface area contributed by atoms with E-state index in [1.54, 1.807) is 0 Å². The number of aromatic nitrogens is 1. The number of rotatable bonds is 12. The maximum Gasteiger partial charge on any atom is 0.0576 e. The first-order valence-corrected chi connectivity index (χ1v) is 8.94. The van der Waals surface area contributed by atoms with Gasteiger partial charge in [-0.2, -0.15) is 0 Å².